The monoisotopic (exact) mass is 271 g/mol. The molecule has 0 radical (unpaired) electrons. The van der Waals surface area contributed by atoms with Crippen LogP contribution in [-0.4, -0.2) is 16.5 Å². The maximum Gasteiger partial charge on any atom is 0.148 e. The molecule has 0 amide bonds. The van der Waals surface area contributed by atoms with Crippen LogP contribution in [0.2, 0.25) is 0 Å². The van der Waals surface area contributed by atoms with Crippen molar-refractivity contribution in [2.75, 3.05) is 17.3 Å². The number of anilines is 2. The third-order valence-corrected chi connectivity index (χ3v) is 3.13. The summed E-state index contributed by atoms with van der Waals surface area (Å²) in [4.78, 5) is 8.47. The summed E-state index contributed by atoms with van der Waals surface area (Å²) >= 11 is 0. The maximum atomic E-state index is 5.50. The molecular weight excluding hydrogens is 250 g/mol. The first-order valence-electron chi connectivity index (χ1n) is 6.93. The molecule has 0 spiro atoms. The van der Waals surface area contributed by atoms with Crippen LogP contribution in [0.4, 0.5) is 11.6 Å². The predicted octanol–water partition coefficient (Wildman–Crippen LogP) is 2.37. The smallest absolute Gasteiger partial charge is 0.148 e. The van der Waals surface area contributed by atoms with E-state index in [1.807, 2.05) is 6.07 Å². The van der Waals surface area contributed by atoms with Crippen molar-refractivity contribution in [3.05, 3.63) is 47.8 Å². The summed E-state index contributed by atoms with van der Waals surface area (Å²) < 4.78 is 0. The van der Waals surface area contributed by atoms with Crippen LogP contribution >= 0.6 is 0 Å². The van der Waals surface area contributed by atoms with Crippen LogP contribution in [0.25, 0.3) is 0 Å². The van der Waals surface area contributed by atoms with Crippen molar-refractivity contribution in [2.24, 2.45) is 5.84 Å². The summed E-state index contributed by atoms with van der Waals surface area (Å²) in [5.41, 5.74) is 4.99. The summed E-state index contributed by atoms with van der Waals surface area (Å²) in [5.74, 6) is 7.07. The Morgan fingerprint density at radius 2 is 1.80 bits per heavy atom. The summed E-state index contributed by atoms with van der Waals surface area (Å²) in [5, 5.41) is 3.37. The molecule has 0 bridgehead atoms. The number of hydrogen-bond donors (Lipinski definition) is 3. The molecule has 0 saturated carbocycles. The standard InChI is InChI=1S/C15H21N5/c1-2-6-13-14(18-11-19-15(13)20-16)17-10-9-12-7-4-3-5-8-12/h3-5,7-8,11H,2,6,9-10,16H2,1H3,(H2,17,18,19,20). The van der Waals surface area contributed by atoms with E-state index in [9.17, 15) is 0 Å². The van der Waals surface area contributed by atoms with Crippen LogP contribution < -0.4 is 16.6 Å². The van der Waals surface area contributed by atoms with Gasteiger partial charge in [0.1, 0.15) is 18.0 Å². The Kier molecular flexibility index (Phi) is 5.32. The van der Waals surface area contributed by atoms with Crippen molar-refractivity contribution in [2.45, 2.75) is 26.2 Å². The lowest BCUT2D eigenvalue weighted by molar-refractivity contribution is 0.893. The van der Waals surface area contributed by atoms with Gasteiger partial charge in [0.15, 0.2) is 0 Å². The van der Waals surface area contributed by atoms with Gasteiger partial charge in [0.05, 0.1) is 0 Å². The highest BCUT2D eigenvalue weighted by molar-refractivity contribution is 5.56. The fraction of sp³-hybridized carbons (Fsp3) is 0.333. The summed E-state index contributed by atoms with van der Waals surface area (Å²) in [6.45, 7) is 2.96. The van der Waals surface area contributed by atoms with Gasteiger partial charge in [-0.05, 0) is 18.4 Å². The van der Waals surface area contributed by atoms with Crippen LogP contribution in [0, 0.1) is 0 Å². The average Bonchev–Trinajstić information content (AvgIpc) is 2.50. The molecule has 0 saturated heterocycles. The SMILES string of the molecule is CCCc1c(NN)ncnc1NCCc1ccccc1. The molecule has 106 valence electrons. The number of aromatic nitrogens is 2. The molecule has 1 aromatic heterocycles. The van der Waals surface area contributed by atoms with E-state index < -0.39 is 0 Å². The molecule has 0 atom stereocenters. The molecular formula is C15H21N5. The number of hydrogen-bond acceptors (Lipinski definition) is 5. The van der Waals surface area contributed by atoms with Gasteiger partial charge >= 0.3 is 0 Å². The van der Waals surface area contributed by atoms with Crippen molar-refractivity contribution in [1.82, 2.24) is 9.97 Å². The Morgan fingerprint density at radius 3 is 2.50 bits per heavy atom. The Labute approximate surface area is 119 Å². The van der Waals surface area contributed by atoms with Crippen LogP contribution in [0.15, 0.2) is 36.7 Å². The third-order valence-electron chi connectivity index (χ3n) is 3.13. The van der Waals surface area contributed by atoms with Crippen molar-refractivity contribution in [3.63, 3.8) is 0 Å². The van der Waals surface area contributed by atoms with E-state index in [1.54, 1.807) is 0 Å². The normalized spacial score (nSPS) is 10.3. The van der Waals surface area contributed by atoms with Gasteiger partial charge in [-0.3, -0.25) is 0 Å². The molecule has 0 aliphatic carbocycles. The first-order chi connectivity index (χ1) is 9.85. The first kappa shape index (κ1) is 14.3. The lowest BCUT2D eigenvalue weighted by Gasteiger charge is -2.13. The summed E-state index contributed by atoms with van der Waals surface area (Å²) in [6, 6.07) is 10.4. The molecule has 0 aliphatic heterocycles. The number of nitrogens with zero attached hydrogens (tertiary/aromatic N) is 2. The van der Waals surface area contributed by atoms with Crippen LogP contribution in [0.5, 0.6) is 0 Å². The molecule has 5 nitrogen and oxygen atoms in total. The van der Waals surface area contributed by atoms with Crippen LogP contribution in [0.3, 0.4) is 0 Å². The zero-order chi connectivity index (χ0) is 14.2. The maximum absolute atomic E-state index is 5.50. The van der Waals surface area contributed by atoms with Crippen molar-refractivity contribution >= 4 is 11.6 Å². The Morgan fingerprint density at radius 1 is 1.05 bits per heavy atom. The lowest BCUT2D eigenvalue weighted by atomic mass is 10.1. The number of rotatable bonds is 7. The second-order valence-electron chi connectivity index (χ2n) is 4.61. The minimum Gasteiger partial charge on any atom is -0.369 e. The van der Waals surface area contributed by atoms with Gasteiger partial charge in [0.25, 0.3) is 0 Å². The van der Waals surface area contributed by atoms with E-state index in [0.29, 0.717) is 5.82 Å². The van der Waals surface area contributed by atoms with Crippen molar-refractivity contribution < 1.29 is 0 Å². The first-order valence-corrected chi connectivity index (χ1v) is 6.93. The highest BCUT2D eigenvalue weighted by atomic mass is 15.3. The van der Waals surface area contributed by atoms with Crippen LogP contribution in [0.1, 0.15) is 24.5 Å². The zero-order valence-corrected chi connectivity index (χ0v) is 11.8. The van der Waals surface area contributed by atoms with Crippen molar-refractivity contribution in [3.8, 4) is 0 Å². The van der Waals surface area contributed by atoms with Gasteiger partial charge in [-0.25, -0.2) is 15.8 Å². The molecule has 0 fully saturated rings. The van der Waals surface area contributed by atoms with E-state index >= 15 is 0 Å². The van der Waals surface area contributed by atoms with Crippen molar-refractivity contribution in [1.29, 1.82) is 0 Å². The average molecular weight is 271 g/mol. The van der Waals surface area contributed by atoms with E-state index in [0.717, 1.165) is 37.2 Å². The van der Waals surface area contributed by atoms with Gasteiger partial charge in [0.2, 0.25) is 0 Å². The quantitative estimate of drug-likeness (QED) is 0.532. The molecule has 0 unspecified atom stereocenters. The van der Waals surface area contributed by atoms with E-state index in [-0.39, 0.29) is 0 Å². The van der Waals surface area contributed by atoms with E-state index in [4.69, 9.17) is 5.84 Å². The molecule has 4 N–H and O–H groups in total. The number of nitrogens with one attached hydrogen (secondary N) is 2. The Hall–Kier alpha value is -2.14. The van der Waals surface area contributed by atoms with E-state index in [2.05, 4.69) is 51.9 Å². The minimum absolute atomic E-state index is 0.698. The molecule has 1 aromatic carbocycles. The highest BCUT2D eigenvalue weighted by Crippen LogP contribution is 2.20. The minimum atomic E-state index is 0.698. The number of benzene rings is 1. The summed E-state index contributed by atoms with van der Waals surface area (Å²) in [6.07, 6.45) is 4.41. The molecule has 2 rings (SSSR count). The summed E-state index contributed by atoms with van der Waals surface area (Å²) in [7, 11) is 0. The van der Waals surface area contributed by atoms with Gasteiger partial charge in [0, 0.05) is 12.1 Å². The van der Waals surface area contributed by atoms with Gasteiger partial charge in [-0.2, -0.15) is 0 Å². The third kappa shape index (κ3) is 3.68. The molecule has 0 aliphatic rings. The van der Waals surface area contributed by atoms with E-state index in [1.165, 1.54) is 11.9 Å². The largest absolute Gasteiger partial charge is 0.369 e. The van der Waals surface area contributed by atoms with Gasteiger partial charge in [-0.1, -0.05) is 43.7 Å². The van der Waals surface area contributed by atoms with Crippen LogP contribution in [-0.2, 0) is 12.8 Å². The predicted molar refractivity (Wildman–Crippen MR) is 82.5 cm³/mol. The Bertz CT molecular complexity index is 527. The second kappa shape index (κ2) is 7.45. The number of nitrogen functional groups attached to an aromatic ring is 1. The highest BCUT2D eigenvalue weighted by Gasteiger charge is 2.09. The topological polar surface area (TPSA) is 75.9 Å². The lowest BCUT2D eigenvalue weighted by Crippen LogP contribution is -2.15. The molecule has 5 heteroatoms. The fourth-order valence-corrected chi connectivity index (χ4v) is 2.15. The Balaban J connectivity index is 2.01. The van der Waals surface area contributed by atoms with Gasteiger partial charge < -0.3 is 10.7 Å². The molecule has 20 heavy (non-hydrogen) atoms. The number of nitrogens with two attached hydrogens (primary N) is 1. The molecule has 2 aromatic rings. The fourth-order valence-electron chi connectivity index (χ4n) is 2.15. The molecule has 1 heterocycles. The number of hydrazine groups is 1. The second-order valence-corrected chi connectivity index (χ2v) is 4.61. The van der Waals surface area contributed by atoms with Gasteiger partial charge in [-0.15, -0.1) is 0 Å². The zero-order valence-electron chi connectivity index (χ0n) is 11.8.